The van der Waals surface area contributed by atoms with Gasteiger partial charge in [-0.15, -0.1) is 0 Å². The van der Waals surface area contributed by atoms with Gasteiger partial charge in [0.2, 0.25) is 0 Å². The number of fused-ring (bicyclic) bond motifs is 1. The van der Waals surface area contributed by atoms with Crippen molar-refractivity contribution < 1.29 is 14.3 Å². The van der Waals surface area contributed by atoms with Crippen molar-refractivity contribution in [2.24, 2.45) is 0 Å². The molecule has 144 valence electrons. The van der Waals surface area contributed by atoms with Gasteiger partial charge in [0.25, 0.3) is 11.7 Å². The number of ether oxygens (including phenoxy) is 1. The van der Waals surface area contributed by atoms with E-state index in [1.807, 2.05) is 49.4 Å². The van der Waals surface area contributed by atoms with E-state index in [1.54, 1.807) is 7.11 Å². The molecule has 0 aliphatic heterocycles. The van der Waals surface area contributed by atoms with Gasteiger partial charge in [-0.05, 0) is 55.7 Å². The van der Waals surface area contributed by atoms with Gasteiger partial charge in [-0.2, -0.15) is 0 Å². The number of carbonyl (C=O) groups is 2. The van der Waals surface area contributed by atoms with E-state index < -0.39 is 11.7 Å². The molecule has 0 saturated heterocycles. The number of nitrogens with zero attached hydrogens (tertiary/aromatic N) is 1. The average Bonchev–Trinajstić information content (AvgIpc) is 3.47. The number of rotatable bonds is 6. The molecule has 0 unspecified atom stereocenters. The van der Waals surface area contributed by atoms with Crippen molar-refractivity contribution in [1.29, 1.82) is 0 Å². The molecule has 2 aromatic carbocycles. The van der Waals surface area contributed by atoms with Crippen LogP contribution in [0.25, 0.3) is 10.9 Å². The van der Waals surface area contributed by atoms with Crippen molar-refractivity contribution in [3.63, 3.8) is 0 Å². The van der Waals surface area contributed by atoms with Crippen LogP contribution in [0.5, 0.6) is 5.75 Å². The van der Waals surface area contributed by atoms with Crippen LogP contribution in [-0.2, 0) is 11.3 Å². The number of benzene rings is 2. The van der Waals surface area contributed by atoms with Crippen LogP contribution in [0.4, 0.5) is 0 Å². The lowest BCUT2D eigenvalue weighted by molar-refractivity contribution is -0.117. The first kappa shape index (κ1) is 18.6. The lowest BCUT2D eigenvalue weighted by Crippen LogP contribution is -2.33. The van der Waals surface area contributed by atoms with Crippen LogP contribution in [0.15, 0.2) is 42.5 Å². The van der Waals surface area contributed by atoms with Crippen LogP contribution >= 0.6 is 11.6 Å². The van der Waals surface area contributed by atoms with E-state index >= 15 is 0 Å². The fourth-order valence-electron chi connectivity index (χ4n) is 3.44. The van der Waals surface area contributed by atoms with Gasteiger partial charge in [-0.1, -0.05) is 23.7 Å². The molecule has 5 nitrogen and oxygen atoms in total. The predicted octanol–water partition coefficient (Wildman–Crippen LogP) is 4.12. The molecule has 1 saturated carbocycles. The van der Waals surface area contributed by atoms with E-state index in [2.05, 4.69) is 9.88 Å². The number of amides is 1. The Labute approximate surface area is 168 Å². The standard InChI is InChI=1S/C22H21ClN2O3/c1-13-20(21(26)22(27)24-16-7-8-16)18-11-17(28-2)9-10-19(18)25(13)12-14-3-5-15(23)6-4-14/h3-6,9-11,16H,7-8,12H2,1-2H3,(H,24,27). The summed E-state index contributed by atoms with van der Waals surface area (Å²) in [6, 6.07) is 13.3. The maximum Gasteiger partial charge on any atom is 0.292 e. The number of nitrogens with one attached hydrogen (secondary N) is 1. The van der Waals surface area contributed by atoms with Crippen LogP contribution in [0.2, 0.25) is 5.02 Å². The van der Waals surface area contributed by atoms with Crippen LogP contribution in [0, 0.1) is 6.92 Å². The summed E-state index contributed by atoms with van der Waals surface area (Å²) >= 11 is 5.99. The number of aromatic nitrogens is 1. The van der Waals surface area contributed by atoms with Gasteiger partial charge in [0, 0.05) is 34.2 Å². The third kappa shape index (κ3) is 3.50. The molecule has 0 spiro atoms. The fraction of sp³-hybridized carbons (Fsp3) is 0.273. The second kappa shape index (κ2) is 7.32. The van der Waals surface area contributed by atoms with Crippen LogP contribution in [0.1, 0.15) is 34.5 Å². The molecule has 1 fully saturated rings. The van der Waals surface area contributed by atoms with Crippen LogP contribution in [-0.4, -0.2) is 29.4 Å². The van der Waals surface area contributed by atoms with Crippen LogP contribution < -0.4 is 10.1 Å². The molecule has 1 amide bonds. The Morgan fingerprint density at radius 3 is 2.54 bits per heavy atom. The first-order valence-corrected chi connectivity index (χ1v) is 9.62. The van der Waals surface area contributed by atoms with Crippen molar-refractivity contribution >= 4 is 34.2 Å². The normalized spacial score (nSPS) is 13.5. The molecular weight excluding hydrogens is 376 g/mol. The molecule has 0 bridgehead atoms. The lowest BCUT2D eigenvalue weighted by Gasteiger charge is -2.09. The van der Waals surface area contributed by atoms with Gasteiger partial charge in [0.05, 0.1) is 12.7 Å². The maximum absolute atomic E-state index is 13.0. The molecule has 0 radical (unpaired) electrons. The number of carbonyl (C=O) groups excluding carboxylic acids is 2. The van der Waals surface area contributed by atoms with E-state index in [0.29, 0.717) is 22.9 Å². The number of hydrogen-bond donors (Lipinski definition) is 1. The summed E-state index contributed by atoms with van der Waals surface area (Å²) in [4.78, 5) is 25.4. The van der Waals surface area contributed by atoms with E-state index in [9.17, 15) is 9.59 Å². The van der Waals surface area contributed by atoms with E-state index in [4.69, 9.17) is 16.3 Å². The third-order valence-corrected chi connectivity index (χ3v) is 5.38. The molecular formula is C22H21ClN2O3. The Hall–Kier alpha value is -2.79. The van der Waals surface area contributed by atoms with Gasteiger partial charge in [0.15, 0.2) is 0 Å². The van der Waals surface area contributed by atoms with E-state index in [-0.39, 0.29) is 6.04 Å². The number of halogens is 1. The summed E-state index contributed by atoms with van der Waals surface area (Å²) in [5, 5.41) is 4.19. The molecule has 1 N–H and O–H groups in total. The topological polar surface area (TPSA) is 60.3 Å². The Morgan fingerprint density at radius 1 is 1.18 bits per heavy atom. The number of hydrogen-bond acceptors (Lipinski definition) is 3. The zero-order valence-electron chi connectivity index (χ0n) is 15.8. The highest BCUT2D eigenvalue weighted by molar-refractivity contribution is 6.45. The van der Waals surface area contributed by atoms with Crippen molar-refractivity contribution in [3.8, 4) is 5.75 Å². The minimum Gasteiger partial charge on any atom is -0.497 e. The largest absolute Gasteiger partial charge is 0.497 e. The Morgan fingerprint density at radius 2 is 1.89 bits per heavy atom. The third-order valence-electron chi connectivity index (χ3n) is 5.13. The maximum atomic E-state index is 13.0. The highest BCUT2D eigenvalue weighted by Crippen LogP contribution is 2.31. The molecule has 28 heavy (non-hydrogen) atoms. The zero-order valence-corrected chi connectivity index (χ0v) is 16.5. The van der Waals surface area contributed by atoms with Gasteiger partial charge >= 0.3 is 0 Å². The van der Waals surface area contributed by atoms with Crippen molar-refractivity contribution in [1.82, 2.24) is 9.88 Å². The first-order valence-electron chi connectivity index (χ1n) is 9.24. The summed E-state index contributed by atoms with van der Waals surface area (Å²) in [6.45, 7) is 2.45. The predicted molar refractivity (Wildman–Crippen MR) is 109 cm³/mol. The number of Topliss-reactive ketones (excluding diaryl/α,β-unsaturated/α-hetero) is 1. The SMILES string of the molecule is COc1ccc2c(c1)c(C(=O)C(=O)NC1CC1)c(C)n2Cc1ccc(Cl)cc1. The second-order valence-corrected chi connectivity index (χ2v) is 7.57. The Balaban J connectivity index is 1.80. The molecule has 1 aliphatic carbocycles. The fourth-order valence-corrected chi connectivity index (χ4v) is 3.57. The van der Waals surface area contributed by atoms with Crippen molar-refractivity contribution in [2.45, 2.75) is 32.4 Å². The molecule has 1 heterocycles. The van der Waals surface area contributed by atoms with Crippen molar-refractivity contribution in [3.05, 3.63) is 64.3 Å². The van der Waals surface area contributed by atoms with E-state index in [1.165, 1.54) is 0 Å². The molecule has 6 heteroatoms. The monoisotopic (exact) mass is 396 g/mol. The lowest BCUT2D eigenvalue weighted by atomic mass is 10.1. The van der Waals surface area contributed by atoms with Gasteiger partial charge in [0.1, 0.15) is 5.75 Å². The summed E-state index contributed by atoms with van der Waals surface area (Å²) < 4.78 is 7.39. The molecule has 0 atom stereocenters. The summed E-state index contributed by atoms with van der Waals surface area (Å²) in [5.41, 5.74) is 3.13. The zero-order chi connectivity index (χ0) is 19.8. The minimum atomic E-state index is -0.543. The highest BCUT2D eigenvalue weighted by atomic mass is 35.5. The minimum absolute atomic E-state index is 0.133. The molecule has 4 rings (SSSR count). The first-order chi connectivity index (χ1) is 13.5. The number of ketones is 1. The van der Waals surface area contributed by atoms with Crippen LogP contribution in [0.3, 0.4) is 0 Å². The van der Waals surface area contributed by atoms with Gasteiger partial charge < -0.3 is 14.6 Å². The molecule has 3 aromatic rings. The quantitative estimate of drug-likeness (QED) is 0.503. The van der Waals surface area contributed by atoms with Gasteiger partial charge in [-0.25, -0.2) is 0 Å². The Bertz CT molecular complexity index is 1070. The summed E-state index contributed by atoms with van der Waals surface area (Å²) in [6.07, 6.45) is 1.87. The second-order valence-electron chi connectivity index (χ2n) is 7.13. The number of methoxy groups -OCH3 is 1. The molecule has 1 aliphatic rings. The Kier molecular flexibility index (Phi) is 4.85. The molecule has 1 aromatic heterocycles. The summed E-state index contributed by atoms with van der Waals surface area (Å²) in [5.74, 6) is -0.399. The highest BCUT2D eigenvalue weighted by Gasteiger charge is 2.30. The van der Waals surface area contributed by atoms with E-state index in [0.717, 1.165) is 35.0 Å². The smallest absolute Gasteiger partial charge is 0.292 e. The van der Waals surface area contributed by atoms with Gasteiger partial charge in [-0.3, -0.25) is 9.59 Å². The average molecular weight is 397 g/mol. The van der Waals surface area contributed by atoms with Crippen molar-refractivity contribution in [2.75, 3.05) is 7.11 Å². The summed E-state index contributed by atoms with van der Waals surface area (Å²) in [7, 11) is 1.58.